The Bertz CT molecular complexity index is 693. The zero-order valence-corrected chi connectivity index (χ0v) is 13.9. The number of methoxy groups -OCH3 is 1. The molecule has 1 aromatic heterocycles. The summed E-state index contributed by atoms with van der Waals surface area (Å²) in [6.45, 7) is 1.49. The number of benzene rings is 1. The highest BCUT2D eigenvalue weighted by molar-refractivity contribution is 6.30. The van der Waals surface area contributed by atoms with Crippen LogP contribution in [0, 0.1) is 5.92 Å². The zero-order chi connectivity index (χ0) is 15.8. The fraction of sp³-hybridized carbons (Fsp3) is 0.529. The van der Waals surface area contributed by atoms with Crippen molar-refractivity contribution < 1.29 is 9.47 Å². The minimum Gasteiger partial charge on any atom is -0.381 e. The summed E-state index contributed by atoms with van der Waals surface area (Å²) in [7, 11) is 1.73. The van der Waals surface area contributed by atoms with E-state index in [1.807, 2.05) is 28.9 Å². The van der Waals surface area contributed by atoms with Gasteiger partial charge in [-0.1, -0.05) is 17.7 Å². The molecule has 1 aromatic carbocycles. The molecular formula is C17H20ClN3O2. The predicted molar refractivity (Wildman–Crippen MR) is 87.0 cm³/mol. The number of halogens is 1. The predicted octanol–water partition coefficient (Wildman–Crippen LogP) is 3.52. The van der Waals surface area contributed by atoms with Crippen molar-refractivity contribution in [2.45, 2.75) is 31.3 Å². The summed E-state index contributed by atoms with van der Waals surface area (Å²) >= 11 is 6.16. The van der Waals surface area contributed by atoms with E-state index in [0.29, 0.717) is 23.5 Å². The van der Waals surface area contributed by atoms with E-state index < -0.39 is 0 Å². The number of rotatable bonds is 5. The Morgan fingerprint density at radius 2 is 2.22 bits per heavy atom. The smallest absolute Gasteiger partial charge is 0.161 e. The summed E-state index contributed by atoms with van der Waals surface area (Å²) in [5, 5.41) is 5.44. The average molecular weight is 334 g/mol. The number of hydrogen-bond acceptors (Lipinski definition) is 4. The van der Waals surface area contributed by atoms with Crippen LogP contribution in [0.25, 0.3) is 5.69 Å². The summed E-state index contributed by atoms with van der Waals surface area (Å²) in [5.74, 6) is 2.58. The van der Waals surface area contributed by atoms with Crippen LogP contribution in [0.2, 0.25) is 5.02 Å². The fourth-order valence-corrected chi connectivity index (χ4v) is 3.32. The molecule has 0 spiro atoms. The van der Waals surface area contributed by atoms with Crippen molar-refractivity contribution in [3.8, 4) is 5.69 Å². The Hall–Kier alpha value is -1.43. The Kier molecular flexibility index (Phi) is 4.09. The molecule has 0 amide bonds. The fourth-order valence-electron chi connectivity index (χ4n) is 3.14. The van der Waals surface area contributed by atoms with Gasteiger partial charge in [0, 0.05) is 30.6 Å². The first-order chi connectivity index (χ1) is 11.3. The van der Waals surface area contributed by atoms with Crippen molar-refractivity contribution in [3.05, 3.63) is 40.9 Å². The molecule has 2 atom stereocenters. The van der Waals surface area contributed by atoms with Crippen molar-refractivity contribution in [2.75, 3.05) is 20.3 Å². The molecule has 1 saturated heterocycles. The quantitative estimate of drug-likeness (QED) is 0.840. The second kappa shape index (κ2) is 6.23. The minimum absolute atomic E-state index is 0.114. The Morgan fingerprint density at radius 3 is 2.87 bits per heavy atom. The van der Waals surface area contributed by atoms with Gasteiger partial charge in [-0.15, -0.1) is 0 Å². The SMILES string of the molecule is COC(c1nc(C2CC2)nn1-c1cccc(Cl)c1)C1CCOC1. The third kappa shape index (κ3) is 3.01. The maximum absolute atomic E-state index is 6.16. The molecule has 2 heterocycles. The first-order valence-corrected chi connectivity index (χ1v) is 8.47. The van der Waals surface area contributed by atoms with Crippen molar-refractivity contribution in [1.82, 2.24) is 14.8 Å². The zero-order valence-electron chi connectivity index (χ0n) is 13.1. The lowest BCUT2D eigenvalue weighted by Crippen LogP contribution is -2.19. The van der Waals surface area contributed by atoms with Gasteiger partial charge in [0.15, 0.2) is 11.6 Å². The molecule has 0 bridgehead atoms. The van der Waals surface area contributed by atoms with Gasteiger partial charge < -0.3 is 9.47 Å². The lowest BCUT2D eigenvalue weighted by atomic mass is 10.0. The highest BCUT2D eigenvalue weighted by Gasteiger charge is 2.35. The maximum atomic E-state index is 6.16. The third-order valence-electron chi connectivity index (χ3n) is 4.55. The van der Waals surface area contributed by atoms with E-state index in [4.69, 9.17) is 31.2 Å². The van der Waals surface area contributed by atoms with Crippen LogP contribution >= 0.6 is 11.6 Å². The van der Waals surface area contributed by atoms with E-state index in [1.165, 1.54) is 12.8 Å². The van der Waals surface area contributed by atoms with E-state index in [9.17, 15) is 0 Å². The molecule has 0 radical (unpaired) electrons. The van der Waals surface area contributed by atoms with Crippen LogP contribution in [0.15, 0.2) is 24.3 Å². The monoisotopic (exact) mass is 333 g/mol. The number of nitrogens with zero attached hydrogens (tertiary/aromatic N) is 3. The van der Waals surface area contributed by atoms with Gasteiger partial charge in [-0.3, -0.25) is 0 Å². The molecule has 6 heteroatoms. The lowest BCUT2D eigenvalue weighted by Gasteiger charge is -2.20. The van der Waals surface area contributed by atoms with Gasteiger partial charge in [-0.2, -0.15) is 5.10 Å². The van der Waals surface area contributed by atoms with Gasteiger partial charge in [-0.25, -0.2) is 9.67 Å². The second-order valence-corrected chi connectivity index (χ2v) is 6.71. The lowest BCUT2D eigenvalue weighted by molar-refractivity contribution is 0.0365. The highest BCUT2D eigenvalue weighted by Crippen LogP contribution is 2.40. The van der Waals surface area contributed by atoms with Gasteiger partial charge in [0.2, 0.25) is 0 Å². The van der Waals surface area contributed by atoms with E-state index in [-0.39, 0.29) is 6.10 Å². The molecule has 2 aromatic rings. The first kappa shape index (κ1) is 15.1. The normalized spacial score (nSPS) is 22.4. The summed E-state index contributed by atoms with van der Waals surface area (Å²) < 4.78 is 13.2. The molecule has 1 aliphatic carbocycles. The van der Waals surface area contributed by atoms with Crippen molar-refractivity contribution in [2.24, 2.45) is 5.92 Å². The molecule has 2 fully saturated rings. The second-order valence-electron chi connectivity index (χ2n) is 6.27. The van der Waals surface area contributed by atoms with Crippen LogP contribution in [0.3, 0.4) is 0 Å². The van der Waals surface area contributed by atoms with E-state index >= 15 is 0 Å². The van der Waals surface area contributed by atoms with Crippen LogP contribution in [0.1, 0.15) is 42.9 Å². The van der Waals surface area contributed by atoms with Crippen molar-refractivity contribution >= 4 is 11.6 Å². The van der Waals surface area contributed by atoms with Crippen LogP contribution in [0.5, 0.6) is 0 Å². The summed E-state index contributed by atoms with van der Waals surface area (Å²) in [5.41, 5.74) is 0.924. The molecule has 23 heavy (non-hydrogen) atoms. The molecular weight excluding hydrogens is 314 g/mol. The van der Waals surface area contributed by atoms with E-state index in [1.54, 1.807) is 7.11 Å². The number of hydrogen-bond donors (Lipinski definition) is 0. The molecule has 2 aliphatic rings. The molecule has 5 nitrogen and oxygen atoms in total. The van der Waals surface area contributed by atoms with Gasteiger partial charge >= 0.3 is 0 Å². The standard InChI is InChI=1S/C17H20ClN3O2/c1-22-15(12-7-8-23-10-12)17-19-16(11-5-6-11)20-21(17)14-4-2-3-13(18)9-14/h2-4,9,11-12,15H,5-8,10H2,1H3. The van der Waals surface area contributed by atoms with E-state index in [2.05, 4.69) is 0 Å². The largest absolute Gasteiger partial charge is 0.381 e. The molecule has 2 unspecified atom stereocenters. The first-order valence-electron chi connectivity index (χ1n) is 8.09. The highest BCUT2D eigenvalue weighted by atomic mass is 35.5. The average Bonchev–Trinajstić information content (AvgIpc) is 3.09. The van der Waals surface area contributed by atoms with Crippen molar-refractivity contribution in [1.29, 1.82) is 0 Å². The molecule has 0 N–H and O–H groups in total. The van der Waals surface area contributed by atoms with Gasteiger partial charge in [0.1, 0.15) is 6.10 Å². The summed E-state index contributed by atoms with van der Waals surface area (Å²) in [6, 6.07) is 7.70. The summed E-state index contributed by atoms with van der Waals surface area (Å²) in [6.07, 6.45) is 3.21. The number of aromatic nitrogens is 3. The maximum Gasteiger partial charge on any atom is 0.161 e. The molecule has 1 aliphatic heterocycles. The van der Waals surface area contributed by atoms with Crippen LogP contribution < -0.4 is 0 Å². The molecule has 1 saturated carbocycles. The minimum atomic E-state index is -0.114. The Morgan fingerprint density at radius 1 is 1.35 bits per heavy atom. The Balaban J connectivity index is 1.77. The molecule has 4 rings (SSSR count). The van der Waals surface area contributed by atoms with Crippen LogP contribution in [0.4, 0.5) is 0 Å². The van der Waals surface area contributed by atoms with Crippen molar-refractivity contribution in [3.63, 3.8) is 0 Å². The topological polar surface area (TPSA) is 49.2 Å². The Labute approximate surface area is 140 Å². The molecule has 122 valence electrons. The van der Waals surface area contributed by atoms with Crippen LogP contribution in [-0.4, -0.2) is 35.1 Å². The third-order valence-corrected chi connectivity index (χ3v) is 4.78. The van der Waals surface area contributed by atoms with Gasteiger partial charge in [0.25, 0.3) is 0 Å². The van der Waals surface area contributed by atoms with Gasteiger partial charge in [0.05, 0.1) is 12.3 Å². The number of ether oxygens (including phenoxy) is 2. The summed E-state index contributed by atoms with van der Waals surface area (Å²) in [4.78, 5) is 4.82. The van der Waals surface area contributed by atoms with E-state index in [0.717, 1.165) is 30.4 Å². The van der Waals surface area contributed by atoms with Crippen LogP contribution in [-0.2, 0) is 9.47 Å². The van der Waals surface area contributed by atoms with Gasteiger partial charge in [-0.05, 0) is 37.5 Å².